The topological polar surface area (TPSA) is 54.9 Å². The Labute approximate surface area is 158 Å². The lowest BCUT2D eigenvalue weighted by Crippen LogP contribution is -2.22. The van der Waals surface area contributed by atoms with Gasteiger partial charge in [-0.15, -0.1) is 10.2 Å². The SMILES string of the molecule is CCCCC(CC)C(=O)Nc1nnc(SCc2cc(C)cc(C)c2)s1. The summed E-state index contributed by atoms with van der Waals surface area (Å²) in [6.45, 7) is 8.44. The number of anilines is 1. The lowest BCUT2D eigenvalue weighted by molar-refractivity contribution is -0.120. The normalized spacial score (nSPS) is 12.2. The van der Waals surface area contributed by atoms with E-state index in [0.29, 0.717) is 5.13 Å². The molecule has 1 unspecified atom stereocenters. The summed E-state index contributed by atoms with van der Waals surface area (Å²) in [6.07, 6.45) is 3.99. The van der Waals surface area contributed by atoms with Gasteiger partial charge in [0, 0.05) is 11.7 Å². The first-order valence-corrected chi connectivity index (χ1v) is 10.7. The van der Waals surface area contributed by atoms with E-state index in [1.807, 2.05) is 0 Å². The number of nitrogens with one attached hydrogen (secondary N) is 1. The molecule has 6 heteroatoms. The van der Waals surface area contributed by atoms with Gasteiger partial charge in [-0.2, -0.15) is 0 Å². The van der Waals surface area contributed by atoms with Crippen LogP contribution in [0.25, 0.3) is 0 Å². The average molecular weight is 378 g/mol. The molecule has 2 rings (SSSR count). The molecule has 4 nitrogen and oxygen atoms in total. The highest BCUT2D eigenvalue weighted by molar-refractivity contribution is 8.00. The minimum absolute atomic E-state index is 0.0650. The summed E-state index contributed by atoms with van der Waals surface area (Å²) in [5, 5.41) is 11.8. The van der Waals surface area contributed by atoms with Gasteiger partial charge in [-0.05, 0) is 32.3 Å². The third-order valence-electron chi connectivity index (χ3n) is 4.05. The van der Waals surface area contributed by atoms with Crippen LogP contribution in [0.5, 0.6) is 0 Å². The number of carbonyl (C=O) groups excluding carboxylic acids is 1. The maximum absolute atomic E-state index is 12.3. The zero-order valence-electron chi connectivity index (χ0n) is 15.5. The number of carbonyl (C=O) groups is 1. The predicted molar refractivity (Wildman–Crippen MR) is 107 cm³/mol. The summed E-state index contributed by atoms with van der Waals surface area (Å²) < 4.78 is 0.885. The Hall–Kier alpha value is -1.40. The average Bonchev–Trinajstić information content (AvgIpc) is 3.00. The van der Waals surface area contributed by atoms with Crippen LogP contribution in [-0.2, 0) is 10.5 Å². The lowest BCUT2D eigenvalue weighted by Gasteiger charge is -2.12. The highest BCUT2D eigenvalue weighted by atomic mass is 32.2. The molecule has 0 spiro atoms. The van der Waals surface area contributed by atoms with Crippen LogP contribution >= 0.6 is 23.1 Å². The molecule has 0 radical (unpaired) electrons. The summed E-state index contributed by atoms with van der Waals surface area (Å²) in [5.41, 5.74) is 3.84. The lowest BCUT2D eigenvalue weighted by atomic mass is 9.99. The maximum atomic E-state index is 12.3. The molecule has 0 fully saturated rings. The summed E-state index contributed by atoms with van der Waals surface area (Å²) in [5.74, 6) is 0.993. The van der Waals surface area contributed by atoms with Crippen molar-refractivity contribution in [1.82, 2.24) is 10.2 Å². The zero-order valence-corrected chi connectivity index (χ0v) is 17.1. The van der Waals surface area contributed by atoms with Gasteiger partial charge in [-0.1, -0.05) is 79.1 Å². The molecule has 136 valence electrons. The van der Waals surface area contributed by atoms with Gasteiger partial charge in [0.05, 0.1) is 0 Å². The Morgan fingerprint density at radius 1 is 1.20 bits per heavy atom. The number of amides is 1. The first kappa shape index (κ1) is 19.9. The fraction of sp³-hybridized carbons (Fsp3) is 0.526. The summed E-state index contributed by atoms with van der Waals surface area (Å²) in [4.78, 5) is 12.3. The van der Waals surface area contributed by atoms with E-state index in [1.165, 1.54) is 28.0 Å². The first-order valence-electron chi connectivity index (χ1n) is 8.86. The molecule has 1 heterocycles. The fourth-order valence-electron chi connectivity index (χ4n) is 2.79. The molecular weight excluding hydrogens is 350 g/mol. The van der Waals surface area contributed by atoms with Crippen molar-refractivity contribution in [2.24, 2.45) is 5.92 Å². The van der Waals surface area contributed by atoms with Crippen LogP contribution in [0.4, 0.5) is 5.13 Å². The minimum atomic E-state index is 0.0650. The van der Waals surface area contributed by atoms with Crippen molar-refractivity contribution in [1.29, 1.82) is 0 Å². The van der Waals surface area contributed by atoms with Crippen molar-refractivity contribution in [3.05, 3.63) is 34.9 Å². The molecule has 1 amide bonds. The molecule has 1 aromatic heterocycles. The standard InChI is InChI=1S/C19H27N3OS2/c1-5-7-8-16(6-2)17(23)20-18-21-22-19(25-18)24-12-15-10-13(3)9-14(4)11-15/h9-11,16H,5-8,12H2,1-4H3,(H,20,21,23). The van der Waals surface area contributed by atoms with Crippen molar-refractivity contribution < 1.29 is 4.79 Å². The number of thioether (sulfide) groups is 1. The van der Waals surface area contributed by atoms with E-state index < -0.39 is 0 Å². The van der Waals surface area contributed by atoms with E-state index in [1.54, 1.807) is 11.8 Å². The van der Waals surface area contributed by atoms with Crippen molar-refractivity contribution in [2.75, 3.05) is 5.32 Å². The fourth-order valence-corrected chi connectivity index (χ4v) is 4.48. The molecule has 0 aliphatic heterocycles. The zero-order chi connectivity index (χ0) is 18.2. The van der Waals surface area contributed by atoms with Gasteiger partial charge >= 0.3 is 0 Å². The maximum Gasteiger partial charge on any atom is 0.229 e. The van der Waals surface area contributed by atoms with Crippen LogP contribution in [0.3, 0.4) is 0 Å². The second-order valence-corrected chi connectivity index (χ2v) is 8.59. The van der Waals surface area contributed by atoms with Gasteiger partial charge in [-0.3, -0.25) is 4.79 Å². The molecule has 0 saturated heterocycles. The van der Waals surface area contributed by atoms with Crippen LogP contribution in [0.15, 0.2) is 22.5 Å². The molecule has 2 aromatic rings. The van der Waals surface area contributed by atoms with Crippen molar-refractivity contribution in [3.63, 3.8) is 0 Å². The summed E-state index contributed by atoms with van der Waals surface area (Å²) in [6, 6.07) is 6.57. The number of hydrogen-bond acceptors (Lipinski definition) is 5. The monoisotopic (exact) mass is 377 g/mol. The van der Waals surface area contributed by atoms with E-state index >= 15 is 0 Å². The van der Waals surface area contributed by atoms with Crippen molar-refractivity contribution >= 4 is 34.1 Å². The molecule has 0 aliphatic carbocycles. The molecule has 1 N–H and O–H groups in total. The molecular formula is C19H27N3OS2. The van der Waals surface area contributed by atoms with Gasteiger partial charge < -0.3 is 5.32 Å². The molecule has 0 saturated carbocycles. The van der Waals surface area contributed by atoms with Crippen LogP contribution in [-0.4, -0.2) is 16.1 Å². The van der Waals surface area contributed by atoms with Crippen LogP contribution in [0.2, 0.25) is 0 Å². The van der Waals surface area contributed by atoms with E-state index in [4.69, 9.17) is 0 Å². The van der Waals surface area contributed by atoms with Gasteiger partial charge in [0.1, 0.15) is 0 Å². The molecule has 1 atom stereocenters. The largest absolute Gasteiger partial charge is 0.300 e. The van der Waals surface area contributed by atoms with E-state index in [2.05, 4.69) is 61.4 Å². The number of nitrogens with zero attached hydrogens (tertiary/aromatic N) is 2. The van der Waals surface area contributed by atoms with Crippen LogP contribution < -0.4 is 5.32 Å². The Bertz CT molecular complexity index is 679. The second kappa shape index (κ2) is 9.92. The Morgan fingerprint density at radius 2 is 1.92 bits per heavy atom. The number of rotatable bonds is 9. The molecule has 1 aromatic carbocycles. The predicted octanol–water partition coefficient (Wildman–Crippen LogP) is 5.60. The van der Waals surface area contributed by atoms with Crippen molar-refractivity contribution in [2.45, 2.75) is 63.5 Å². The number of benzene rings is 1. The highest BCUT2D eigenvalue weighted by Crippen LogP contribution is 2.29. The Balaban J connectivity index is 1.89. The van der Waals surface area contributed by atoms with Crippen LogP contribution in [0.1, 0.15) is 56.2 Å². The summed E-state index contributed by atoms with van der Waals surface area (Å²) >= 11 is 3.11. The van der Waals surface area contributed by atoms with E-state index in [9.17, 15) is 4.79 Å². The molecule has 25 heavy (non-hydrogen) atoms. The number of unbranched alkanes of at least 4 members (excludes halogenated alkanes) is 1. The summed E-state index contributed by atoms with van der Waals surface area (Å²) in [7, 11) is 0. The molecule has 0 aliphatic rings. The van der Waals surface area contributed by atoms with Gasteiger partial charge in [0.25, 0.3) is 0 Å². The number of hydrogen-bond donors (Lipinski definition) is 1. The minimum Gasteiger partial charge on any atom is -0.300 e. The number of aryl methyl sites for hydroxylation is 2. The van der Waals surface area contributed by atoms with Crippen LogP contribution in [0, 0.1) is 19.8 Å². The smallest absolute Gasteiger partial charge is 0.229 e. The molecule has 0 bridgehead atoms. The Morgan fingerprint density at radius 3 is 2.56 bits per heavy atom. The third-order valence-corrected chi connectivity index (χ3v) is 6.09. The van der Waals surface area contributed by atoms with Gasteiger partial charge in [0.2, 0.25) is 11.0 Å². The third kappa shape index (κ3) is 6.44. The first-order chi connectivity index (χ1) is 12.0. The number of aromatic nitrogens is 2. The second-order valence-electron chi connectivity index (χ2n) is 6.39. The highest BCUT2D eigenvalue weighted by Gasteiger charge is 2.17. The Kier molecular flexibility index (Phi) is 7.90. The van der Waals surface area contributed by atoms with E-state index in [0.717, 1.165) is 35.8 Å². The van der Waals surface area contributed by atoms with Gasteiger partial charge in [0.15, 0.2) is 4.34 Å². The van der Waals surface area contributed by atoms with E-state index in [-0.39, 0.29) is 11.8 Å². The van der Waals surface area contributed by atoms with Crippen molar-refractivity contribution in [3.8, 4) is 0 Å². The van der Waals surface area contributed by atoms with Gasteiger partial charge in [-0.25, -0.2) is 0 Å². The quantitative estimate of drug-likeness (QED) is 0.456.